The molecule has 2 rings (SSSR count). The Hall–Kier alpha value is -1.38. The van der Waals surface area contributed by atoms with Crippen molar-refractivity contribution in [2.24, 2.45) is 0 Å². The molecular formula is C13H17BrN4O2S. The molecule has 0 radical (unpaired) electrons. The highest BCUT2D eigenvalue weighted by Gasteiger charge is 2.21. The second-order valence-electron chi connectivity index (χ2n) is 4.52. The Morgan fingerprint density at radius 3 is 2.86 bits per heavy atom. The van der Waals surface area contributed by atoms with Crippen molar-refractivity contribution in [3.8, 4) is 0 Å². The number of rotatable bonds is 6. The Labute approximate surface area is 132 Å². The van der Waals surface area contributed by atoms with Crippen LogP contribution >= 0.6 is 15.9 Å². The lowest BCUT2D eigenvalue weighted by atomic mass is 10.2. The second kappa shape index (κ2) is 6.59. The Morgan fingerprint density at radius 2 is 2.14 bits per heavy atom. The van der Waals surface area contributed by atoms with E-state index in [0.717, 1.165) is 16.6 Å². The Morgan fingerprint density at radius 1 is 1.38 bits per heavy atom. The normalized spacial score (nSPS) is 11.6. The summed E-state index contributed by atoms with van der Waals surface area (Å²) in [4.78, 5) is 0. The molecule has 0 atom stereocenters. The number of aromatic amines is 1. The molecule has 0 aliphatic heterocycles. The van der Waals surface area contributed by atoms with Crippen LogP contribution in [0.3, 0.4) is 0 Å². The molecule has 1 heterocycles. The third-order valence-electron chi connectivity index (χ3n) is 3.02. The van der Waals surface area contributed by atoms with Crippen molar-refractivity contribution < 1.29 is 8.42 Å². The van der Waals surface area contributed by atoms with Gasteiger partial charge in [0.15, 0.2) is 5.03 Å². The van der Waals surface area contributed by atoms with Crippen LogP contribution in [0.1, 0.15) is 18.1 Å². The minimum Gasteiger partial charge on any atom is -0.313 e. The Kier molecular flexibility index (Phi) is 5.02. The van der Waals surface area contributed by atoms with Gasteiger partial charge in [-0.1, -0.05) is 28.9 Å². The first kappa shape index (κ1) is 16.0. The molecule has 0 aliphatic carbocycles. The second-order valence-corrected chi connectivity index (χ2v) is 7.00. The van der Waals surface area contributed by atoms with Crippen LogP contribution in [0.25, 0.3) is 0 Å². The van der Waals surface area contributed by atoms with E-state index < -0.39 is 10.0 Å². The van der Waals surface area contributed by atoms with Crippen molar-refractivity contribution in [1.82, 2.24) is 15.5 Å². The number of H-pyrrole nitrogens is 1. The molecule has 0 saturated carbocycles. The maximum absolute atomic E-state index is 12.5. The monoisotopic (exact) mass is 372 g/mol. The van der Waals surface area contributed by atoms with Crippen molar-refractivity contribution in [1.29, 1.82) is 0 Å². The summed E-state index contributed by atoms with van der Waals surface area (Å²) in [6.45, 7) is 5.00. The largest absolute Gasteiger partial charge is 0.313 e. The summed E-state index contributed by atoms with van der Waals surface area (Å²) in [5.74, 6) is 0. The molecule has 6 nitrogen and oxygen atoms in total. The first-order valence-electron chi connectivity index (χ1n) is 6.46. The van der Waals surface area contributed by atoms with Gasteiger partial charge in [0.2, 0.25) is 0 Å². The zero-order valence-electron chi connectivity index (χ0n) is 11.8. The van der Waals surface area contributed by atoms with E-state index in [1.165, 1.54) is 6.20 Å². The maximum Gasteiger partial charge on any atom is 0.279 e. The zero-order valence-corrected chi connectivity index (χ0v) is 14.2. The fraction of sp³-hybridized carbons (Fsp3) is 0.308. The van der Waals surface area contributed by atoms with Crippen LogP contribution in [0.5, 0.6) is 0 Å². The van der Waals surface area contributed by atoms with Gasteiger partial charge in [0.25, 0.3) is 10.0 Å². The van der Waals surface area contributed by atoms with E-state index in [4.69, 9.17) is 0 Å². The van der Waals surface area contributed by atoms with Gasteiger partial charge in [-0.3, -0.25) is 9.82 Å². The molecule has 0 fully saturated rings. The first-order valence-corrected chi connectivity index (χ1v) is 8.74. The summed E-state index contributed by atoms with van der Waals surface area (Å²) in [7, 11) is -3.70. The van der Waals surface area contributed by atoms with Crippen LogP contribution < -0.4 is 10.0 Å². The van der Waals surface area contributed by atoms with Crippen molar-refractivity contribution in [3.05, 3.63) is 40.0 Å². The fourth-order valence-corrected chi connectivity index (χ4v) is 3.45. The predicted molar refractivity (Wildman–Crippen MR) is 85.7 cm³/mol. The van der Waals surface area contributed by atoms with Crippen molar-refractivity contribution >= 4 is 31.6 Å². The molecular weight excluding hydrogens is 356 g/mol. The van der Waals surface area contributed by atoms with Gasteiger partial charge in [-0.2, -0.15) is 13.5 Å². The molecule has 3 N–H and O–H groups in total. The lowest BCUT2D eigenvalue weighted by Crippen LogP contribution is -2.19. The lowest BCUT2D eigenvalue weighted by Gasteiger charge is -2.11. The summed E-state index contributed by atoms with van der Waals surface area (Å²) in [5.41, 5.74) is 1.97. The van der Waals surface area contributed by atoms with Gasteiger partial charge >= 0.3 is 0 Å². The fourth-order valence-electron chi connectivity index (χ4n) is 1.83. The number of anilines is 1. The number of halogens is 1. The number of nitrogens with zero attached hydrogens (tertiary/aromatic N) is 1. The number of nitrogens with one attached hydrogen (secondary N) is 3. The van der Waals surface area contributed by atoms with Crippen molar-refractivity contribution in [3.63, 3.8) is 0 Å². The highest BCUT2D eigenvalue weighted by atomic mass is 79.9. The highest BCUT2D eigenvalue weighted by molar-refractivity contribution is 9.10. The predicted octanol–water partition coefficient (Wildman–Crippen LogP) is 2.39. The molecule has 0 amide bonds. The maximum atomic E-state index is 12.5. The van der Waals surface area contributed by atoms with Gasteiger partial charge in [0, 0.05) is 16.6 Å². The highest BCUT2D eigenvalue weighted by Crippen LogP contribution is 2.26. The number of hydrogen-bond acceptors (Lipinski definition) is 4. The topological polar surface area (TPSA) is 86.9 Å². The smallest absolute Gasteiger partial charge is 0.279 e. The average Bonchev–Trinajstić information content (AvgIpc) is 2.91. The van der Waals surface area contributed by atoms with E-state index in [-0.39, 0.29) is 5.03 Å². The standard InChI is InChI=1S/C13H17BrN4O2S/c1-3-15-7-10-8-16-17-13(10)21(19,20)18-12-6-4-5-11(14)9(12)2/h4-6,8,15,18H,3,7H2,1-2H3,(H,16,17). The van der Waals surface area contributed by atoms with Crippen molar-refractivity contribution in [2.45, 2.75) is 25.4 Å². The van der Waals surface area contributed by atoms with E-state index in [1.54, 1.807) is 12.1 Å². The molecule has 114 valence electrons. The SMILES string of the molecule is CCNCc1cn[nH]c1S(=O)(=O)Nc1cccc(Br)c1C. The Bertz CT molecular complexity index is 728. The molecule has 0 bridgehead atoms. The third-order valence-corrected chi connectivity index (χ3v) is 5.26. The number of sulfonamides is 1. The summed E-state index contributed by atoms with van der Waals surface area (Å²) in [5, 5.41) is 9.56. The van der Waals surface area contributed by atoms with Gasteiger partial charge in [0.1, 0.15) is 0 Å². The number of aromatic nitrogens is 2. The quantitative estimate of drug-likeness (QED) is 0.726. The molecule has 0 aliphatic rings. The van der Waals surface area contributed by atoms with E-state index in [0.29, 0.717) is 17.8 Å². The van der Waals surface area contributed by atoms with Gasteiger partial charge in [-0.15, -0.1) is 0 Å². The average molecular weight is 373 g/mol. The first-order chi connectivity index (χ1) is 9.95. The third kappa shape index (κ3) is 3.63. The minimum absolute atomic E-state index is 0.0859. The van der Waals surface area contributed by atoms with Crippen molar-refractivity contribution in [2.75, 3.05) is 11.3 Å². The minimum atomic E-state index is -3.70. The molecule has 0 spiro atoms. The van der Waals surface area contributed by atoms with E-state index in [2.05, 4.69) is 36.2 Å². The van der Waals surface area contributed by atoms with Crippen LogP contribution in [0, 0.1) is 6.92 Å². The van der Waals surface area contributed by atoms with Crippen LogP contribution in [0.15, 0.2) is 33.9 Å². The van der Waals surface area contributed by atoms with Gasteiger partial charge in [0.05, 0.1) is 11.9 Å². The van der Waals surface area contributed by atoms with E-state index >= 15 is 0 Å². The van der Waals surface area contributed by atoms with Gasteiger partial charge < -0.3 is 5.32 Å². The molecule has 21 heavy (non-hydrogen) atoms. The number of benzene rings is 1. The van der Waals surface area contributed by atoms with E-state index in [1.807, 2.05) is 19.9 Å². The summed E-state index contributed by atoms with van der Waals surface area (Å²) < 4.78 is 28.4. The molecule has 0 unspecified atom stereocenters. The van der Waals surface area contributed by atoms with Crippen LogP contribution in [0.2, 0.25) is 0 Å². The molecule has 2 aromatic rings. The number of hydrogen-bond donors (Lipinski definition) is 3. The van der Waals surface area contributed by atoms with Crippen LogP contribution in [-0.4, -0.2) is 25.2 Å². The van der Waals surface area contributed by atoms with E-state index in [9.17, 15) is 8.42 Å². The molecule has 0 saturated heterocycles. The zero-order chi connectivity index (χ0) is 15.5. The molecule has 8 heteroatoms. The Balaban J connectivity index is 2.30. The summed E-state index contributed by atoms with van der Waals surface area (Å²) >= 11 is 3.39. The van der Waals surface area contributed by atoms with Gasteiger partial charge in [-0.05, 0) is 31.2 Å². The van der Waals surface area contributed by atoms with Gasteiger partial charge in [-0.25, -0.2) is 0 Å². The van der Waals surface area contributed by atoms with Crippen LogP contribution in [-0.2, 0) is 16.6 Å². The molecule has 1 aromatic carbocycles. The lowest BCUT2D eigenvalue weighted by molar-refractivity contribution is 0.594. The van der Waals surface area contributed by atoms with Crippen LogP contribution in [0.4, 0.5) is 5.69 Å². The molecule has 1 aromatic heterocycles. The summed E-state index contributed by atoms with van der Waals surface area (Å²) in [6, 6.07) is 5.36. The summed E-state index contributed by atoms with van der Waals surface area (Å²) in [6.07, 6.45) is 1.52.